The van der Waals surface area contributed by atoms with Gasteiger partial charge in [-0.2, -0.15) is 0 Å². The van der Waals surface area contributed by atoms with Crippen molar-refractivity contribution in [3.8, 4) is 33.4 Å². The molecular formula is C52H32. The van der Waals surface area contributed by atoms with Gasteiger partial charge in [-0.1, -0.05) is 188 Å². The van der Waals surface area contributed by atoms with Crippen LogP contribution in [-0.4, -0.2) is 0 Å². The van der Waals surface area contributed by atoms with Crippen molar-refractivity contribution >= 4 is 75.4 Å². The molecule has 0 nitrogen and oxygen atoms in total. The summed E-state index contributed by atoms with van der Waals surface area (Å²) in [5.74, 6) is 0. The second-order valence-electron chi connectivity index (χ2n) is 14.0. The molecule has 11 aromatic rings. The second-order valence-corrected chi connectivity index (χ2v) is 14.0. The Bertz CT molecular complexity index is 3220. The number of hydrogen-bond donors (Lipinski definition) is 0. The Morgan fingerprint density at radius 3 is 1.23 bits per heavy atom. The molecule has 0 aliphatic rings. The Labute approximate surface area is 301 Å². The summed E-state index contributed by atoms with van der Waals surface area (Å²) >= 11 is 0. The maximum Gasteiger partial charge on any atom is -0.000763 e. The van der Waals surface area contributed by atoms with E-state index in [4.69, 9.17) is 0 Å². The average Bonchev–Trinajstić information content (AvgIpc) is 3.22. The fourth-order valence-electron chi connectivity index (χ4n) is 8.91. The van der Waals surface area contributed by atoms with Crippen molar-refractivity contribution in [2.24, 2.45) is 0 Å². The van der Waals surface area contributed by atoms with E-state index in [2.05, 4.69) is 194 Å². The first-order chi connectivity index (χ1) is 25.8. The van der Waals surface area contributed by atoms with Crippen molar-refractivity contribution in [2.75, 3.05) is 0 Å². The molecule has 11 rings (SSSR count). The molecule has 0 saturated heterocycles. The summed E-state index contributed by atoms with van der Waals surface area (Å²) < 4.78 is 0. The first-order valence-corrected chi connectivity index (χ1v) is 18.1. The molecular weight excluding hydrogens is 625 g/mol. The third-order valence-corrected chi connectivity index (χ3v) is 11.2. The highest BCUT2D eigenvalue weighted by Gasteiger charge is 2.21. The van der Waals surface area contributed by atoms with Crippen LogP contribution in [0.2, 0.25) is 0 Å². The van der Waals surface area contributed by atoms with Crippen LogP contribution in [0.3, 0.4) is 0 Å². The molecule has 0 aliphatic carbocycles. The highest BCUT2D eigenvalue weighted by Crippen LogP contribution is 2.49. The van der Waals surface area contributed by atoms with Crippen molar-refractivity contribution in [1.82, 2.24) is 0 Å². The number of benzene rings is 11. The van der Waals surface area contributed by atoms with Gasteiger partial charge < -0.3 is 0 Å². The largest absolute Gasteiger partial charge is 0.0616 e. The minimum Gasteiger partial charge on any atom is -0.0616 e. The van der Waals surface area contributed by atoms with Gasteiger partial charge in [-0.05, 0) is 115 Å². The zero-order valence-electron chi connectivity index (χ0n) is 28.5. The van der Waals surface area contributed by atoms with Gasteiger partial charge in [0.15, 0.2) is 0 Å². The van der Waals surface area contributed by atoms with E-state index in [-0.39, 0.29) is 0 Å². The van der Waals surface area contributed by atoms with Crippen LogP contribution in [0.5, 0.6) is 0 Å². The Kier molecular flexibility index (Phi) is 6.35. The molecule has 0 radical (unpaired) electrons. The summed E-state index contributed by atoms with van der Waals surface area (Å²) in [7, 11) is 0. The SMILES string of the molecule is c1ccc2c(-c3ccc4ccc5c6ccccc6c6c(-c7cccc8ccccc78)ccc(-c7cccc8ccccc78)c6c5c4c3)cccc2c1. The van der Waals surface area contributed by atoms with Crippen LogP contribution < -0.4 is 0 Å². The normalized spacial score (nSPS) is 11.8. The van der Waals surface area contributed by atoms with E-state index in [0.29, 0.717) is 0 Å². The van der Waals surface area contributed by atoms with E-state index < -0.39 is 0 Å². The summed E-state index contributed by atoms with van der Waals surface area (Å²) in [6.07, 6.45) is 0. The first kappa shape index (κ1) is 29.0. The van der Waals surface area contributed by atoms with E-state index in [1.54, 1.807) is 0 Å². The predicted molar refractivity (Wildman–Crippen MR) is 225 cm³/mol. The predicted octanol–water partition coefficient (Wildman–Crippen LogP) is 14.8. The molecule has 0 bridgehead atoms. The molecule has 0 heteroatoms. The number of fused-ring (bicyclic) bond motifs is 11. The molecule has 240 valence electrons. The average molecular weight is 657 g/mol. The van der Waals surface area contributed by atoms with E-state index >= 15 is 0 Å². The third kappa shape index (κ3) is 4.28. The first-order valence-electron chi connectivity index (χ1n) is 18.1. The van der Waals surface area contributed by atoms with Crippen LogP contribution in [0.25, 0.3) is 109 Å². The lowest BCUT2D eigenvalue weighted by Crippen LogP contribution is -1.93. The van der Waals surface area contributed by atoms with Gasteiger partial charge in [0.05, 0.1) is 0 Å². The summed E-state index contributed by atoms with van der Waals surface area (Å²) in [6, 6.07) is 72.0. The molecule has 0 amide bonds. The smallest absolute Gasteiger partial charge is 0.000763 e. The monoisotopic (exact) mass is 656 g/mol. The molecule has 0 saturated carbocycles. The maximum atomic E-state index is 2.45. The Balaban J connectivity index is 1.38. The maximum absolute atomic E-state index is 2.45. The van der Waals surface area contributed by atoms with Gasteiger partial charge in [0.1, 0.15) is 0 Å². The molecule has 11 aromatic carbocycles. The fraction of sp³-hybridized carbons (Fsp3) is 0. The van der Waals surface area contributed by atoms with E-state index in [1.807, 2.05) is 0 Å². The topological polar surface area (TPSA) is 0 Å². The standard InChI is InChI=1S/C52H32/c1-4-18-38-33(12-1)15-9-23-41(38)37-27-26-36-28-29-46-44-21-7-8-22-45(44)50-47(42-24-10-16-34-13-2-5-19-39(34)42)30-31-48(52(50)51(46)49(36)32-37)43-25-11-17-35-14-3-6-20-40(35)43/h1-32H. The zero-order chi connectivity index (χ0) is 34.2. The van der Waals surface area contributed by atoms with Crippen LogP contribution >= 0.6 is 0 Å². The van der Waals surface area contributed by atoms with Gasteiger partial charge in [0, 0.05) is 0 Å². The molecule has 0 aromatic heterocycles. The lowest BCUT2D eigenvalue weighted by Gasteiger charge is -2.21. The minimum atomic E-state index is 1.23. The van der Waals surface area contributed by atoms with E-state index in [9.17, 15) is 0 Å². The lowest BCUT2D eigenvalue weighted by molar-refractivity contribution is 1.67. The summed E-state index contributed by atoms with van der Waals surface area (Å²) in [5, 5.41) is 17.8. The van der Waals surface area contributed by atoms with Crippen LogP contribution in [0.1, 0.15) is 0 Å². The molecule has 0 heterocycles. The van der Waals surface area contributed by atoms with Crippen LogP contribution in [0.4, 0.5) is 0 Å². The van der Waals surface area contributed by atoms with Gasteiger partial charge >= 0.3 is 0 Å². The third-order valence-electron chi connectivity index (χ3n) is 11.2. The van der Waals surface area contributed by atoms with Crippen molar-refractivity contribution in [1.29, 1.82) is 0 Å². The zero-order valence-corrected chi connectivity index (χ0v) is 28.5. The van der Waals surface area contributed by atoms with Gasteiger partial charge in [-0.25, -0.2) is 0 Å². The summed E-state index contributed by atoms with van der Waals surface area (Å²) in [5.41, 5.74) is 7.52. The molecule has 0 N–H and O–H groups in total. The van der Waals surface area contributed by atoms with Crippen molar-refractivity contribution < 1.29 is 0 Å². The quantitative estimate of drug-likeness (QED) is 0.166. The van der Waals surface area contributed by atoms with Crippen LogP contribution in [0.15, 0.2) is 194 Å². The highest BCUT2D eigenvalue weighted by atomic mass is 14.2. The van der Waals surface area contributed by atoms with E-state index in [1.165, 1.54) is 109 Å². The van der Waals surface area contributed by atoms with Crippen LogP contribution in [-0.2, 0) is 0 Å². The minimum absolute atomic E-state index is 1.23. The van der Waals surface area contributed by atoms with Crippen molar-refractivity contribution in [3.63, 3.8) is 0 Å². The van der Waals surface area contributed by atoms with Gasteiger partial charge in [-0.15, -0.1) is 0 Å². The lowest BCUT2D eigenvalue weighted by atomic mass is 9.82. The van der Waals surface area contributed by atoms with Crippen molar-refractivity contribution in [2.45, 2.75) is 0 Å². The second kappa shape index (κ2) is 11.4. The summed E-state index contributed by atoms with van der Waals surface area (Å²) in [4.78, 5) is 0. The summed E-state index contributed by atoms with van der Waals surface area (Å²) in [6.45, 7) is 0. The molecule has 0 spiro atoms. The van der Waals surface area contributed by atoms with E-state index in [0.717, 1.165) is 0 Å². The van der Waals surface area contributed by atoms with Gasteiger partial charge in [0.25, 0.3) is 0 Å². The molecule has 52 heavy (non-hydrogen) atoms. The highest BCUT2D eigenvalue weighted by molar-refractivity contribution is 6.37. The molecule has 0 aliphatic heterocycles. The van der Waals surface area contributed by atoms with Crippen LogP contribution in [0, 0.1) is 0 Å². The van der Waals surface area contributed by atoms with Gasteiger partial charge in [0.2, 0.25) is 0 Å². The van der Waals surface area contributed by atoms with Gasteiger partial charge in [-0.3, -0.25) is 0 Å². The number of hydrogen-bond acceptors (Lipinski definition) is 0. The fourth-order valence-corrected chi connectivity index (χ4v) is 8.91. The Hall–Kier alpha value is -6.76. The molecule has 0 unspecified atom stereocenters. The number of rotatable bonds is 3. The Morgan fingerprint density at radius 2 is 0.615 bits per heavy atom. The Morgan fingerprint density at radius 1 is 0.192 bits per heavy atom. The molecule has 0 atom stereocenters. The van der Waals surface area contributed by atoms with Crippen molar-refractivity contribution in [3.05, 3.63) is 194 Å². The molecule has 0 fully saturated rings.